The summed E-state index contributed by atoms with van der Waals surface area (Å²) in [5.74, 6) is -0.447. The van der Waals surface area contributed by atoms with Gasteiger partial charge in [-0.3, -0.25) is 4.79 Å². The van der Waals surface area contributed by atoms with Gasteiger partial charge in [0.05, 0.1) is 10.6 Å². The van der Waals surface area contributed by atoms with Crippen LogP contribution < -0.4 is 0 Å². The Balaban J connectivity index is 2.24. The summed E-state index contributed by atoms with van der Waals surface area (Å²) in [5.41, 5.74) is 0.0738. The second kappa shape index (κ2) is 5.99. The monoisotopic (exact) mass is 303 g/mol. The maximum atomic E-state index is 12.4. The van der Waals surface area contributed by atoms with Crippen LogP contribution >= 0.6 is 23.2 Å². The number of nitrogens with zero attached hydrogens (tertiary/aromatic N) is 1. The maximum absolute atomic E-state index is 12.4. The summed E-state index contributed by atoms with van der Waals surface area (Å²) < 4.78 is 0. The van der Waals surface area contributed by atoms with E-state index in [0.717, 1.165) is 12.8 Å². The van der Waals surface area contributed by atoms with Crippen molar-refractivity contribution in [3.8, 4) is 5.75 Å². The molecule has 19 heavy (non-hydrogen) atoms. The highest BCUT2D eigenvalue weighted by atomic mass is 35.5. The molecule has 0 spiro atoms. The molecule has 1 fully saturated rings. The molecule has 2 rings (SSSR count). The molecule has 0 aliphatic carbocycles. The second-order valence-corrected chi connectivity index (χ2v) is 5.57. The second-order valence-electron chi connectivity index (χ2n) is 4.72. The van der Waals surface area contributed by atoms with E-state index in [1.165, 1.54) is 12.1 Å². The van der Waals surface area contributed by atoms with E-state index >= 15 is 0 Å². The average molecular weight is 304 g/mol. The highest BCUT2D eigenvalue weighted by Gasteiger charge is 2.27. The normalized spacial score (nSPS) is 19.5. The van der Waals surface area contributed by atoms with Gasteiger partial charge >= 0.3 is 0 Å². The number of aromatic hydroxyl groups is 1. The predicted octanol–water partition coefficient (Wildman–Crippen LogP) is 2.54. The molecule has 1 atom stereocenters. The van der Waals surface area contributed by atoms with Crippen molar-refractivity contribution in [1.82, 2.24) is 4.90 Å². The smallest absolute Gasteiger partial charge is 0.259 e. The number of carbonyl (C=O) groups excluding carboxylic acids is 1. The fourth-order valence-electron chi connectivity index (χ4n) is 2.33. The van der Waals surface area contributed by atoms with Crippen molar-refractivity contribution in [3.63, 3.8) is 0 Å². The van der Waals surface area contributed by atoms with E-state index in [9.17, 15) is 15.0 Å². The third-order valence-electron chi connectivity index (χ3n) is 3.31. The van der Waals surface area contributed by atoms with Gasteiger partial charge in [-0.05, 0) is 30.9 Å². The first-order chi connectivity index (χ1) is 9.02. The predicted molar refractivity (Wildman–Crippen MR) is 73.8 cm³/mol. The molecule has 1 heterocycles. The molecule has 1 saturated heterocycles. The SMILES string of the molecule is O=C(c1c(O)cc(Cl)cc1Cl)N1CCCC(CO)C1. The Hall–Kier alpha value is -0.970. The largest absolute Gasteiger partial charge is 0.507 e. The van der Waals surface area contributed by atoms with Crippen LogP contribution in [0.2, 0.25) is 10.0 Å². The third-order valence-corrected chi connectivity index (χ3v) is 3.83. The molecule has 1 aliphatic rings. The van der Waals surface area contributed by atoms with Crippen molar-refractivity contribution in [2.45, 2.75) is 12.8 Å². The topological polar surface area (TPSA) is 60.8 Å². The van der Waals surface area contributed by atoms with Gasteiger partial charge in [0.15, 0.2) is 0 Å². The Bertz CT molecular complexity index is 470. The number of phenols is 1. The molecular formula is C13H15Cl2NO3. The van der Waals surface area contributed by atoms with Gasteiger partial charge < -0.3 is 15.1 Å². The maximum Gasteiger partial charge on any atom is 0.259 e. The highest BCUT2D eigenvalue weighted by molar-refractivity contribution is 6.37. The van der Waals surface area contributed by atoms with Crippen molar-refractivity contribution in [3.05, 3.63) is 27.7 Å². The fraction of sp³-hybridized carbons (Fsp3) is 0.462. The molecule has 1 unspecified atom stereocenters. The molecule has 0 bridgehead atoms. The van der Waals surface area contributed by atoms with Crippen molar-refractivity contribution in [2.75, 3.05) is 19.7 Å². The molecule has 2 N–H and O–H groups in total. The molecule has 1 aromatic carbocycles. The Morgan fingerprint density at radius 1 is 1.42 bits per heavy atom. The Morgan fingerprint density at radius 2 is 2.16 bits per heavy atom. The minimum absolute atomic E-state index is 0.0596. The number of phenolic OH excluding ortho intramolecular Hbond substituents is 1. The lowest BCUT2D eigenvalue weighted by Crippen LogP contribution is -2.41. The van der Waals surface area contributed by atoms with Gasteiger partial charge in [-0.1, -0.05) is 23.2 Å². The van der Waals surface area contributed by atoms with E-state index < -0.39 is 0 Å². The van der Waals surface area contributed by atoms with E-state index in [4.69, 9.17) is 23.2 Å². The first kappa shape index (κ1) is 14.4. The Kier molecular flexibility index (Phi) is 4.55. The van der Waals surface area contributed by atoms with E-state index in [0.29, 0.717) is 13.1 Å². The zero-order valence-electron chi connectivity index (χ0n) is 10.3. The molecule has 0 saturated carbocycles. The molecule has 104 valence electrons. The van der Waals surface area contributed by atoms with Crippen LogP contribution in [-0.4, -0.2) is 40.7 Å². The zero-order valence-corrected chi connectivity index (χ0v) is 11.8. The number of rotatable bonds is 2. The lowest BCUT2D eigenvalue weighted by Gasteiger charge is -2.32. The molecule has 0 radical (unpaired) electrons. The number of hydrogen-bond acceptors (Lipinski definition) is 3. The minimum atomic E-state index is -0.322. The Labute approximate surface area is 121 Å². The first-order valence-electron chi connectivity index (χ1n) is 6.11. The number of amides is 1. The van der Waals surface area contributed by atoms with Gasteiger partial charge in [-0.2, -0.15) is 0 Å². The van der Waals surface area contributed by atoms with Gasteiger partial charge in [0.1, 0.15) is 5.75 Å². The van der Waals surface area contributed by atoms with Crippen molar-refractivity contribution < 1.29 is 15.0 Å². The summed E-state index contributed by atoms with van der Waals surface area (Å²) in [4.78, 5) is 14.0. The average Bonchev–Trinajstić information content (AvgIpc) is 2.37. The molecule has 4 nitrogen and oxygen atoms in total. The molecular weight excluding hydrogens is 289 g/mol. The van der Waals surface area contributed by atoms with Crippen LogP contribution in [0.25, 0.3) is 0 Å². The van der Waals surface area contributed by atoms with Crippen molar-refractivity contribution >= 4 is 29.1 Å². The number of aliphatic hydroxyl groups excluding tert-OH is 1. The minimum Gasteiger partial charge on any atom is -0.507 e. The van der Waals surface area contributed by atoms with Crippen molar-refractivity contribution in [2.24, 2.45) is 5.92 Å². The summed E-state index contributed by atoms with van der Waals surface area (Å²) in [5, 5.41) is 19.4. The molecule has 0 aromatic heterocycles. The lowest BCUT2D eigenvalue weighted by atomic mass is 9.98. The van der Waals surface area contributed by atoms with Crippen LogP contribution in [0.15, 0.2) is 12.1 Å². The molecule has 6 heteroatoms. The lowest BCUT2D eigenvalue weighted by molar-refractivity contribution is 0.0618. The van der Waals surface area contributed by atoms with Crippen LogP contribution in [-0.2, 0) is 0 Å². The summed E-state index contributed by atoms with van der Waals surface area (Å²) in [7, 11) is 0. The molecule has 1 aliphatic heterocycles. The van der Waals surface area contributed by atoms with Crippen LogP contribution in [0, 0.1) is 5.92 Å². The van der Waals surface area contributed by atoms with Crippen LogP contribution in [0.4, 0.5) is 0 Å². The summed E-state index contributed by atoms with van der Waals surface area (Å²) >= 11 is 11.7. The quantitative estimate of drug-likeness (QED) is 0.882. The number of carbonyl (C=O) groups is 1. The fourth-order valence-corrected chi connectivity index (χ4v) is 2.89. The summed E-state index contributed by atoms with van der Waals surface area (Å²) in [6.45, 7) is 1.14. The van der Waals surface area contributed by atoms with Gasteiger partial charge in [-0.25, -0.2) is 0 Å². The van der Waals surface area contributed by atoms with Crippen LogP contribution in [0.3, 0.4) is 0 Å². The number of piperidine rings is 1. The van der Waals surface area contributed by atoms with Gasteiger partial charge in [-0.15, -0.1) is 0 Å². The van der Waals surface area contributed by atoms with E-state index in [-0.39, 0.29) is 39.8 Å². The number of likely N-dealkylation sites (tertiary alicyclic amines) is 1. The number of halogens is 2. The van der Waals surface area contributed by atoms with E-state index in [2.05, 4.69) is 0 Å². The van der Waals surface area contributed by atoms with E-state index in [1.54, 1.807) is 4.90 Å². The van der Waals surface area contributed by atoms with Crippen molar-refractivity contribution in [1.29, 1.82) is 0 Å². The van der Waals surface area contributed by atoms with Crippen LogP contribution in [0.1, 0.15) is 23.2 Å². The standard InChI is InChI=1S/C13H15Cl2NO3/c14-9-4-10(15)12(11(18)5-9)13(19)16-3-1-2-8(6-16)7-17/h4-5,8,17-18H,1-3,6-7H2. The van der Waals surface area contributed by atoms with Gasteiger partial charge in [0.25, 0.3) is 5.91 Å². The van der Waals surface area contributed by atoms with Gasteiger partial charge in [0.2, 0.25) is 0 Å². The van der Waals surface area contributed by atoms with Gasteiger partial charge in [0, 0.05) is 24.7 Å². The molecule has 1 aromatic rings. The first-order valence-corrected chi connectivity index (χ1v) is 6.86. The summed E-state index contributed by atoms with van der Waals surface area (Å²) in [6, 6.07) is 2.73. The third kappa shape index (κ3) is 3.14. The summed E-state index contributed by atoms with van der Waals surface area (Å²) in [6.07, 6.45) is 1.74. The number of benzene rings is 1. The zero-order chi connectivity index (χ0) is 14.0. The van der Waals surface area contributed by atoms with E-state index in [1.807, 2.05) is 0 Å². The van der Waals surface area contributed by atoms with Crippen LogP contribution in [0.5, 0.6) is 5.75 Å². The number of aliphatic hydroxyl groups is 1. The number of hydrogen-bond donors (Lipinski definition) is 2. The molecule has 1 amide bonds. The highest BCUT2D eigenvalue weighted by Crippen LogP contribution is 2.32. The Morgan fingerprint density at radius 3 is 2.79 bits per heavy atom.